The minimum atomic E-state index is -4.39. The van der Waals surface area contributed by atoms with Gasteiger partial charge in [-0.05, 0) is 38.1 Å². The van der Waals surface area contributed by atoms with E-state index in [1.807, 2.05) is 18.7 Å². The fraction of sp³-hybridized carbons (Fsp3) is 0.769. The maximum atomic E-state index is 12.8. The predicted octanol–water partition coefficient (Wildman–Crippen LogP) is 2.12. The SMILES string of the molecule is CC(C)n1cc(C(F)(F)F)nc1N1CC2C(CN)C2C1. The first-order valence-electron chi connectivity index (χ1n) is 6.94. The Morgan fingerprint density at radius 1 is 1.35 bits per heavy atom. The molecule has 0 amide bonds. The zero-order valence-corrected chi connectivity index (χ0v) is 11.6. The van der Waals surface area contributed by atoms with E-state index in [0.29, 0.717) is 30.2 Å². The van der Waals surface area contributed by atoms with E-state index in [4.69, 9.17) is 5.73 Å². The molecule has 1 saturated heterocycles. The molecule has 0 bridgehead atoms. The summed E-state index contributed by atoms with van der Waals surface area (Å²) < 4.78 is 40.1. The molecule has 112 valence electrons. The number of nitrogens with two attached hydrogens (primary N) is 1. The molecule has 2 N–H and O–H groups in total. The number of piperidine rings is 1. The molecular weight excluding hydrogens is 269 g/mol. The monoisotopic (exact) mass is 288 g/mol. The lowest BCUT2D eigenvalue weighted by Crippen LogP contribution is -2.28. The number of imidazole rings is 1. The van der Waals surface area contributed by atoms with Gasteiger partial charge in [-0.1, -0.05) is 0 Å². The molecule has 0 radical (unpaired) electrons. The van der Waals surface area contributed by atoms with Crippen molar-refractivity contribution in [3.63, 3.8) is 0 Å². The Morgan fingerprint density at radius 3 is 2.40 bits per heavy atom. The summed E-state index contributed by atoms with van der Waals surface area (Å²) in [5.74, 6) is 2.06. The third kappa shape index (κ3) is 2.08. The van der Waals surface area contributed by atoms with Crippen molar-refractivity contribution in [3.8, 4) is 0 Å². The van der Waals surface area contributed by atoms with E-state index in [9.17, 15) is 13.2 Å². The van der Waals surface area contributed by atoms with Gasteiger partial charge in [-0.2, -0.15) is 13.2 Å². The Balaban J connectivity index is 1.85. The van der Waals surface area contributed by atoms with Crippen LogP contribution in [0.5, 0.6) is 0 Å². The molecule has 4 nitrogen and oxygen atoms in total. The maximum Gasteiger partial charge on any atom is 0.434 e. The van der Waals surface area contributed by atoms with Crippen LogP contribution in [0.3, 0.4) is 0 Å². The molecule has 2 unspecified atom stereocenters. The number of aromatic nitrogens is 2. The third-order valence-corrected chi connectivity index (χ3v) is 4.49. The minimum absolute atomic E-state index is 0.0455. The molecule has 7 heteroatoms. The van der Waals surface area contributed by atoms with Gasteiger partial charge in [0.05, 0.1) is 0 Å². The van der Waals surface area contributed by atoms with Crippen molar-refractivity contribution < 1.29 is 13.2 Å². The van der Waals surface area contributed by atoms with Crippen molar-refractivity contribution in [1.82, 2.24) is 9.55 Å². The Bertz CT molecular complexity index is 496. The lowest BCUT2D eigenvalue weighted by molar-refractivity contribution is -0.140. The highest BCUT2D eigenvalue weighted by atomic mass is 19.4. The average Bonchev–Trinajstić information content (AvgIpc) is 2.79. The highest BCUT2D eigenvalue weighted by Crippen LogP contribution is 2.52. The van der Waals surface area contributed by atoms with Gasteiger partial charge in [0.1, 0.15) is 0 Å². The van der Waals surface area contributed by atoms with Crippen LogP contribution in [-0.4, -0.2) is 29.2 Å². The van der Waals surface area contributed by atoms with E-state index in [1.165, 1.54) is 0 Å². The summed E-state index contributed by atoms with van der Waals surface area (Å²) in [4.78, 5) is 5.79. The average molecular weight is 288 g/mol. The number of halogens is 3. The Morgan fingerprint density at radius 2 is 1.95 bits per heavy atom. The van der Waals surface area contributed by atoms with Crippen molar-refractivity contribution in [2.24, 2.45) is 23.5 Å². The molecule has 1 saturated carbocycles. The second-order valence-electron chi connectivity index (χ2n) is 6.06. The quantitative estimate of drug-likeness (QED) is 0.927. The van der Waals surface area contributed by atoms with Gasteiger partial charge >= 0.3 is 6.18 Å². The number of hydrogen-bond acceptors (Lipinski definition) is 3. The van der Waals surface area contributed by atoms with Crippen LogP contribution in [0.25, 0.3) is 0 Å². The molecule has 1 aliphatic carbocycles. The second-order valence-corrected chi connectivity index (χ2v) is 6.06. The van der Waals surface area contributed by atoms with E-state index in [-0.39, 0.29) is 6.04 Å². The molecule has 2 atom stereocenters. The highest BCUT2D eigenvalue weighted by Gasteiger charge is 2.55. The van der Waals surface area contributed by atoms with Crippen molar-refractivity contribution in [2.75, 3.05) is 24.5 Å². The Labute approximate surface area is 115 Å². The van der Waals surface area contributed by atoms with Gasteiger partial charge in [0.25, 0.3) is 0 Å². The molecular formula is C13H19F3N4. The van der Waals surface area contributed by atoms with E-state index in [0.717, 1.165) is 19.3 Å². The van der Waals surface area contributed by atoms with Crippen LogP contribution in [0.2, 0.25) is 0 Å². The smallest absolute Gasteiger partial charge is 0.342 e. The lowest BCUT2D eigenvalue weighted by Gasteiger charge is -2.23. The molecule has 2 fully saturated rings. The van der Waals surface area contributed by atoms with E-state index in [2.05, 4.69) is 4.98 Å². The fourth-order valence-corrected chi connectivity index (χ4v) is 3.30. The lowest BCUT2D eigenvalue weighted by atomic mass is 10.3. The standard InChI is InChI=1S/C13H19F3N4/c1-7(2)20-6-11(13(14,15)16)18-12(20)19-4-9-8(3-17)10(9)5-19/h6-10H,3-5,17H2,1-2H3. The van der Waals surface area contributed by atoms with Gasteiger partial charge in [-0.3, -0.25) is 0 Å². The molecule has 1 aliphatic heterocycles. The Hall–Kier alpha value is -1.24. The summed E-state index contributed by atoms with van der Waals surface area (Å²) in [6.07, 6.45) is -3.28. The topological polar surface area (TPSA) is 47.1 Å². The molecule has 1 aromatic rings. The van der Waals surface area contributed by atoms with Crippen LogP contribution in [0.4, 0.5) is 19.1 Å². The maximum absolute atomic E-state index is 12.8. The van der Waals surface area contributed by atoms with Gasteiger partial charge in [0.15, 0.2) is 5.69 Å². The first-order chi connectivity index (χ1) is 9.32. The van der Waals surface area contributed by atoms with Crippen molar-refractivity contribution >= 4 is 5.95 Å². The molecule has 1 aromatic heterocycles. The van der Waals surface area contributed by atoms with Crippen LogP contribution in [0, 0.1) is 17.8 Å². The molecule has 2 aliphatic rings. The first-order valence-corrected chi connectivity index (χ1v) is 6.94. The summed E-state index contributed by atoms with van der Waals surface area (Å²) in [5, 5.41) is 0. The summed E-state index contributed by atoms with van der Waals surface area (Å²) in [5.41, 5.74) is 4.85. The summed E-state index contributed by atoms with van der Waals surface area (Å²) >= 11 is 0. The second kappa shape index (κ2) is 4.38. The van der Waals surface area contributed by atoms with Crippen LogP contribution in [-0.2, 0) is 6.18 Å². The summed E-state index contributed by atoms with van der Waals surface area (Å²) in [6.45, 7) is 5.95. The number of fused-ring (bicyclic) bond motifs is 1. The number of nitrogens with zero attached hydrogens (tertiary/aromatic N) is 3. The van der Waals surface area contributed by atoms with Crippen LogP contribution in [0.1, 0.15) is 25.6 Å². The van der Waals surface area contributed by atoms with Crippen LogP contribution in [0.15, 0.2) is 6.20 Å². The number of anilines is 1. The Kier molecular flexibility index (Phi) is 3.00. The molecule has 0 spiro atoms. The molecule has 0 aromatic carbocycles. The summed E-state index contributed by atoms with van der Waals surface area (Å²) in [7, 11) is 0. The molecule has 20 heavy (non-hydrogen) atoms. The van der Waals surface area contributed by atoms with Crippen molar-refractivity contribution in [1.29, 1.82) is 0 Å². The van der Waals surface area contributed by atoms with E-state index < -0.39 is 11.9 Å². The highest BCUT2D eigenvalue weighted by molar-refractivity contribution is 5.39. The predicted molar refractivity (Wildman–Crippen MR) is 69.4 cm³/mol. The van der Waals surface area contributed by atoms with Gasteiger partial charge < -0.3 is 15.2 Å². The summed E-state index contributed by atoms with van der Waals surface area (Å²) in [6, 6.07) is -0.0455. The van der Waals surface area contributed by atoms with Gasteiger partial charge in [0.2, 0.25) is 5.95 Å². The van der Waals surface area contributed by atoms with E-state index in [1.54, 1.807) is 4.57 Å². The molecule has 2 heterocycles. The van der Waals surface area contributed by atoms with Crippen LogP contribution < -0.4 is 10.6 Å². The van der Waals surface area contributed by atoms with Gasteiger partial charge in [-0.15, -0.1) is 0 Å². The number of hydrogen-bond donors (Lipinski definition) is 1. The van der Waals surface area contributed by atoms with Crippen molar-refractivity contribution in [2.45, 2.75) is 26.1 Å². The van der Waals surface area contributed by atoms with Crippen LogP contribution >= 0.6 is 0 Å². The number of rotatable bonds is 3. The van der Waals surface area contributed by atoms with Crippen molar-refractivity contribution in [3.05, 3.63) is 11.9 Å². The fourth-order valence-electron chi connectivity index (χ4n) is 3.30. The normalized spacial score (nSPS) is 29.1. The van der Waals surface area contributed by atoms with E-state index >= 15 is 0 Å². The van der Waals surface area contributed by atoms with Gasteiger partial charge in [0, 0.05) is 25.3 Å². The largest absolute Gasteiger partial charge is 0.434 e. The zero-order chi connectivity index (χ0) is 14.7. The minimum Gasteiger partial charge on any atom is -0.342 e. The molecule has 3 rings (SSSR count). The van der Waals surface area contributed by atoms with Gasteiger partial charge in [-0.25, -0.2) is 4.98 Å². The zero-order valence-electron chi connectivity index (χ0n) is 11.6. The first kappa shape index (κ1) is 13.7. The number of alkyl halides is 3. The third-order valence-electron chi connectivity index (χ3n) is 4.49.